The van der Waals surface area contributed by atoms with Crippen molar-refractivity contribution in [3.8, 4) is 0 Å². The van der Waals surface area contributed by atoms with Gasteiger partial charge >= 0.3 is 0 Å². The first kappa shape index (κ1) is 8.87. The Balaban J connectivity index is 2.35. The highest BCUT2D eigenvalue weighted by Crippen LogP contribution is 2.21. The number of alkyl halides is 1. The Hall–Kier alpha value is -1.71. The Morgan fingerprint density at radius 3 is 2.50 bits per heavy atom. The van der Waals surface area contributed by atoms with E-state index in [1.54, 1.807) is 24.3 Å². The van der Waals surface area contributed by atoms with Gasteiger partial charge in [-0.2, -0.15) is 10.1 Å². The number of hydrazone groups is 1. The van der Waals surface area contributed by atoms with E-state index in [1.807, 2.05) is 6.07 Å². The minimum atomic E-state index is -1.59. The molecule has 1 amide bonds. The van der Waals surface area contributed by atoms with Gasteiger partial charge < -0.3 is 0 Å². The molecule has 0 aromatic heterocycles. The first-order valence-electron chi connectivity index (χ1n) is 4.28. The molecular formula is C10H9FN2O. The second kappa shape index (κ2) is 3.21. The zero-order chi connectivity index (χ0) is 10.1. The number of amides is 1. The lowest BCUT2D eigenvalue weighted by Crippen LogP contribution is -2.27. The third-order valence-electron chi connectivity index (χ3n) is 2.05. The highest BCUT2D eigenvalue weighted by Gasteiger charge is 2.34. The summed E-state index contributed by atoms with van der Waals surface area (Å²) in [4.78, 5) is 11.4. The molecule has 1 aromatic carbocycles. The molecule has 0 spiro atoms. The van der Waals surface area contributed by atoms with Gasteiger partial charge in [-0.3, -0.25) is 4.79 Å². The number of para-hydroxylation sites is 1. The number of hydrogen-bond donors (Lipinski definition) is 0. The quantitative estimate of drug-likeness (QED) is 0.667. The first-order valence-corrected chi connectivity index (χ1v) is 4.28. The van der Waals surface area contributed by atoms with E-state index in [4.69, 9.17) is 0 Å². The molecule has 3 nitrogen and oxygen atoms in total. The van der Waals surface area contributed by atoms with Gasteiger partial charge in [0.25, 0.3) is 5.91 Å². The van der Waals surface area contributed by atoms with Crippen molar-refractivity contribution in [2.45, 2.75) is 13.1 Å². The molecule has 1 aromatic rings. The second-order valence-corrected chi connectivity index (χ2v) is 3.09. The molecular weight excluding hydrogens is 183 g/mol. The molecule has 1 aliphatic rings. The van der Waals surface area contributed by atoms with E-state index in [0.29, 0.717) is 5.69 Å². The standard InChI is InChI=1S/C10H9FN2O/c1-7-9(11)10(14)13(12-7)8-5-3-2-4-6-8/h2-6,9H,1H3. The molecule has 72 valence electrons. The molecule has 2 rings (SSSR count). The van der Waals surface area contributed by atoms with E-state index in [1.165, 1.54) is 6.92 Å². The predicted molar refractivity (Wildman–Crippen MR) is 51.9 cm³/mol. The summed E-state index contributed by atoms with van der Waals surface area (Å²) >= 11 is 0. The topological polar surface area (TPSA) is 32.7 Å². The molecule has 4 heteroatoms. The highest BCUT2D eigenvalue weighted by atomic mass is 19.1. The molecule has 1 unspecified atom stereocenters. The normalized spacial score (nSPS) is 21.3. The third-order valence-corrected chi connectivity index (χ3v) is 2.05. The molecule has 0 aliphatic carbocycles. The van der Waals surface area contributed by atoms with Crippen molar-refractivity contribution >= 4 is 17.3 Å². The maximum absolute atomic E-state index is 13.1. The number of halogens is 1. The molecule has 1 heterocycles. The number of carbonyl (C=O) groups is 1. The Morgan fingerprint density at radius 1 is 1.36 bits per heavy atom. The highest BCUT2D eigenvalue weighted by molar-refractivity contribution is 6.17. The largest absolute Gasteiger partial charge is 0.287 e. The van der Waals surface area contributed by atoms with Crippen molar-refractivity contribution in [3.63, 3.8) is 0 Å². The maximum atomic E-state index is 13.1. The molecule has 1 aliphatic heterocycles. The fourth-order valence-corrected chi connectivity index (χ4v) is 1.30. The summed E-state index contributed by atoms with van der Waals surface area (Å²) in [6.07, 6.45) is -1.59. The molecule has 14 heavy (non-hydrogen) atoms. The van der Waals surface area contributed by atoms with E-state index >= 15 is 0 Å². The van der Waals surface area contributed by atoms with Gasteiger partial charge in [0, 0.05) is 0 Å². The SMILES string of the molecule is CC1=NN(c2ccccc2)C(=O)C1F. The zero-order valence-electron chi connectivity index (χ0n) is 7.64. The van der Waals surface area contributed by atoms with Gasteiger partial charge in [-0.1, -0.05) is 18.2 Å². The van der Waals surface area contributed by atoms with E-state index in [-0.39, 0.29) is 5.71 Å². The summed E-state index contributed by atoms with van der Waals surface area (Å²) in [7, 11) is 0. The molecule has 0 N–H and O–H groups in total. The smallest absolute Gasteiger partial charge is 0.269 e. The van der Waals surface area contributed by atoms with E-state index in [9.17, 15) is 9.18 Å². The van der Waals surface area contributed by atoms with Gasteiger partial charge in [0.1, 0.15) is 0 Å². The predicted octanol–water partition coefficient (Wildman–Crippen LogP) is 1.75. The average molecular weight is 192 g/mol. The Labute approximate surface area is 80.8 Å². The fourth-order valence-electron chi connectivity index (χ4n) is 1.30. The Morgan fingerprint density at radius 2 is 2.00 bits per heavy atom. The van der Waals surface area contributed by atoms with Crippen molar-refractivity contribution in [1.82, 2.24) is 0 Å². The van der Waals surface area contributed by atoms with Gasteiger partial charge in [0.05, 0.1) is 11.4 Å². The summed E-state index contributed by atoms with van der Waals surface area (Å²) < 4.78 is 13.1. The van der Waals surface area contributed by atoms with E-state index in [0.717, 1.165) is 5.01 Å². The summed E-state index contributed by atoms with van der Waals surface area (Å²) in [5.74, 6) is -0.617. The van der Waals surface area contributed by atoms with Crippen molar-refractivity contribution in [2.24, 2.45) is 5.10 Å². The molecule has 0 fully saturated rings. The number of hydrogen-bond acceptors (Lipinski definition) is 2. The Bertz CT molecular complexity index is 388. The van der Waals surface area contributed by atoms with Crippen LogP contribution >= 0.6 is 0 Å². The molecule has 0 radical (unpaired) electrons. The minimum Gasteiger partial charge on any atom is -0.269 e. The summed E-state index contributed by atoms with van der Waals surface area (Å²) in [5.41, 5.74) is 0.802. The number of benzene rings is 1. The molecule has 0 saturated heterocycles. The van der Waals surface area contributed by atoms with E-state index < -0.39 is 12.1 Å². The first-order chi connectivity index (χ1) is 6.70. The van der Waals surface area contributed by atoms with Crippen LogP contribution in [-0.4, -0.2) is 17.8 Å². The van der Waals surface area contributed by atoms with Crippen molar-refractivity contribution < 1.29 is 9.18 Å². The van der Waals surface area contributed by atoms with Crippen LogP contribution < -0.4 is 5.01 Å². The monoisotopic (exact) mass is 192 g/mol. The van der Waals surface area contributed by atoms with E-state index in [2.05, 4.69) is 5.10 Å². The lowest BCUT2D eigenvalue weighted by Gasteiger charge is -2.10. The number of carbonyl (C=O) groups excluding carboxylic acids is 1. The summed E-state index contributed by atoms with van der Waals surface area (Å²) in [6, 6.07) is 8.81. The van der Waals surface area contributed by atoms with Crippen LogP contribution in [0.2, 0.25) is 0 Å². The summed E-state index contributed by atoms with van der Waals surface area (Å²) in [5, 5.41) is 4.94. The fraction of sp³-hybridized carbons (Fsp3) is 0.200. The van der Waals surface area contributed by atoms with Crippen molar-refractivity contribution in [3.05, 3.63) is 30.3 Å². The number of anilines is 1. The van der Waals surface area contributed by atoms with Crippen LogP contribution in [0.3, 0.4) is 0 Å². The van der Waals surface area contributed by atoms with Crippen LogP contribution in [0.1, 0.15) is 6.92 Å². The van der Waals surface area contributed by atoms with Crippen molar-refractivity contribution in [2.75, 3.05) is 5.01 Å². The molecule has 0 saturated carbocycles. The van der Waals surface area contributed by atoms with Gasteiger partial charge in [0.2, 0.25) is 6.17 Å². The van der Waals surface area contributed by atoms with Crippen LogP contribution in [0, 0.1) is 0 Å². The van der Waals surface area contributed by atoms with Crippen LogP contribution in [-0.2, 0) is 4.79 Å². The number of nitrogens with zero attached hydrogens (tertiary/aromatic N) is 2. The minimum absolute atomic E-state index is 0.207. The molecule has 0 bridgehead atoms. The van der Waals surface area contributed by atoms with Crippen LogP contribution in [0.4, 0.5) is 10.1 Å². The maximum Gasteiger partial charge on any atom is 0.287 e. The Kier molecular flexibility index (Phi) is 2.04. The lowest BCUT2D eigenvalue weighted by atomic mass is 10.2. The van der Waals surface area contributed by atoms with Crippen LogP contribution in [0.25, 0.3) is 0 Å². The van der Waals surface area contributed by atoms with Crippen molar-refractivity contribution in [1.29, 1.82) is 0 Å². The zero-order valence-corrected chi connectivity index (χ0v) is 7.64. The average Bonchev–Trinajstić information content (AvgIpc) is 2.47. The second-order valence-electron chi connectivity index (χ2n) is 3.09. The molecule has 1 atom stereocenters. The number of rotatable bonds is 1. The van der Waals surface area contributed by atoms with Crippen LogP contribution in [0.15, 0.2) is 35.4 Å². The van der Waals surface area contributed by atoms with Gasteiger partial charge in [-0.15, -0.1) is 0 Å². The van der Waals surface area contributed by atoms with Gasteiger partial charge in [0.15, 0.2) is 0 Å². The van der Waals surface area contributed by atoms with Gasteiger partial charge in [-0.25, -0.2) is 4.39 Å². The third kappa shape index (κ3) is 1.28. The summed E-state index contributed by atoms with van der Waals surface area (Å²) in [6.45, 7) is 1.51. The van der Waals surface area contributed by atoms with Crippen LogP contribution in [0.5, 0.6) is 0 Å². The van der Waals surface area contributed by atoms with Gasteiger partial charge in [-0.05, 0) is 19.1 Å². The lowest BCUT2D eigenvalue weighted by molar-refractivity contribution is -0.120.